The summed E-state index contributed by atoms with van der Waals surface area (Å²) in [5.41, 5.74) is 13.1. The van der Waals surface area contributed by atoms with E-state index in [9.17, 15) is 0 Å². The molecule has 0 spiro atoms. The van der Waals surface area contributed by atoms with Crippen molar-refractivity contribution in [2.45, 2.75) is 53.1 Å². The zero-order chi connectivity index (χ0) is 52.9. The molecule has 0 N–H and O–H groups in total. The molecule has 4 bridgehead atoms. The Bertz CT molecular complexity index is 3640. The maximum absolute atomic E-state index is 8.72. The summed E-state index contributed by atoms with van der Waals surface area (Å²) in [4.78, 5) is 8.72. The molecule has 1 radical (unpaired) electrons. The molecule has 64 heavy (non-hydrogen) atoms. The molecule has 0 amide bonds. The molecular weight excluding hydrogens is 957 g/mol. The number of benzene rings is 7. The van der Waals surface area contributed by atoms with Crippen LogP contribution in [0.5, 0.6) is 0 Å². The minimum Gasteiger partial charge on any atom is -0.500 e. The van der Waals surface area contributed by atoms with Gasteiger partial charge in [0.1, 0.15) is 5.58 Å². The second-order valence-electron chi connectivity index (χ2n) is 15.9. The minimum absolute atomic E-state index is 0. The van der Waals surface area contributed by atoms with Gasteiger partial charge in [-0.3, -0.25) is 0 Å². The van der Waals surface area contributed by atoms with E-state index in [0.717, 1.165) is 69.9 Å². The van der Waals surface area contributed by atoms with Gasteiger partial charge in [-0.15, -0.1) is 53.6 Å². The van der Waals surface area contributed by atoms with Crippen LogP contribution in [0.25, 0.3) is 77.8 Å². The van der Waals surface area contributed by atoms with Gasteiger partial charge < -0.3 is 14.4 Å². The first-order valence-corrected chi connectivity index (χ1v) is 21.0. The Kier molecular flexibility index (Phi) is 8.81. The molecule has 0 saturated carbocycles. The Morgan fingerprint density at radius 3 is 2.03 bits per heavy atom. The summed E-state index contributed by atoms with van der Waals surface area (Å²) in [6, 6.07) is 56.0. The summed E-state index contributed by atoms with van der Waals surface area (Å²) in [6.07, 6.45) is 6.08. The van der Waals surface area contributed by atoms with Crippen LogP contribution in [0.1, 0.15) is 61.0 Å². The molecule has 0 fully saturated rings. The van der Waals surface area contributed by atoms with Crippen molar-refractivity contribution in [2.75, 3.05) is 0 Å². The molecule has 3 heterocycles. The number of para-hydroxylation sites is 1. The Morgan fingerprint density at radius 1 is 0.500 bits per heavy atom. The average Bonchev–Trinajstić information content (AvgIpc) is 3.91. The van der Waals surface area contributed by atoms with Crippen molar-refractivity contribution in [3.8, 4) is 55.9 Å². The predicted molar refractivity (Wildman–Crippen MR) is 261 cm³/mol. The first-order valence-electron chi connectivity index (χ1n) is 27.0. The Morgan fingerprint density at radius 2 is 1.27 bits per heavy atom. The van der Waals surface area contributed by atoms with Crippen LogP contribution in [0.3, 0.4) is 0 Å². The fourth-order valence-electron chi connectivity index (χ4n) is 8.40. The molecule has 0 aliphatic heterocycles. The Balaban J connectivity index is 0.000000283. The molecule has 0 atom stereocenters. The van der Waals surface area contributed by atoms with E-state index in [1.165, 1.54) is 47.3 Å². The summed E-state index contributed by atoms with van der Waals surface area (Å²) in [5, 5.41) is 1.81. The van der Waals surface area contributed by atoms with Gasteiger partial charge in [-0.05, 0) is 124 Å². The number of nitrogens with zero attached hydrogens (tertiary/aromatic N) is 2. The molecule has 3 nitrogen and oxygen atoms in total. The molecule has 7 aromatic carbocycles. The molecule has 4 heteroatoms. The third-order valence-electron chi connectivity index (χ3n) is 11.8. The normalized spacial score (nSPS) is 15.6. The summed E-state index contributed by atoms with van der Waals surface area (Å²) in [5.74, 6) is 0. The van der Waals surface area contributed by atoms with Crippen molar-refractivity contribution in [1.82, 2.24) is 9.97 Å². The number of furan rings is 1. The van der Waals surface area contributed by atoms with Gasteiger partial charge >= 0.3 is 0 Å². The average molecular weight is 1020 g/mol. The number of rotatable bonds is 5. The second-order valence-corrected chi connectivity index (χ2v) is 15.9. The molecule has 4 aliphatic rings. The topological polar surface area (TPSA) is 38.9 Å². The van der Waals surface area contributed by atoms with Gasteiger partial charge in [0.15, 0.2) is 0 Å². The maximum Gasteiger partial charge on any atom is 0.128 e. The molecule has 14 rings (SSSR count). The van der Waals surface area contributed by atoms with E-state index in [-0.39, 0.29) is 47.9 Å². The molecule has 0 saturated heterocycles. The van der Waals surface area contributed by atoms with Crippen molar-refractivity contribution in [1.29, 1.82) is 0 Å². The summed E-state index contributed by atoms with van der Waals surface area (Å²) < 4.78 is 102. The minimum atomic E-state index is -2.56. The first kappa shape index (κ1) is 30.4. The quantitative estimate of drug-likeness (QED) is 0.161. The maximum atomic E-state index is 8.72. The van der Waals surface area contributed by atoms with Crippen molar-refractivity contribution in [3.05, 3.63) is 227 Å². The number of hydrogen-bond acceptors (Lipinski definition) is 3. The standard InChI is InChI=1S/C47H36NO.C13H12N.Ir/c1-30-26-37(44-27-34-19-18-32-14-16-33(17-15-32)20-22-36(44)23-21-34)24-25-38(30)43-28-45(48-29-31(43)2)42-13-7-12-41-40-11-6-10-39(46(40)49-47(41)42)35-8-4-3-5-9-35;1-10-3-6-12(7-4-10)13-8-5-11(2)9-14-13;/h3-12,14-17,21,23-29H,18-20,22H2,1-2H3;3-6,8-9H,1-2H3;/q2*-1;/i2*1D3,2D3;. The summed E-state index contributed by atoms with van der Waals surface area (Å²) in [7, 11) is 0. The predicted octanol–water partition coefficient (Wildman–Crippen LogP) is 15.1. The van der Waals surface area contributed by atoms with Gasteiger partial charge in [0.05, 0.1) is 5.58 Å². The summed E-state index contributed by atoms with van der Waals surface area (Å²) >= 11 is 0. The fourth-order valence-corrected chi connectivity index (χ4v) is 8.40. The number of pyridine rings is 2. The van der Waals surface area contributed by atoms with Crippen molar-refractivity contribution >= 4 is 21.9 Å². The molecule has 3 aromatic heterocycles. The van der Waals surface area contributed by atoms with Crippen LogP contribution in [0, 0.1) is 39.5 Å². The molecule has 315 valence electrons. The van der Waals surface area contributed by atoms with Crippen molar-refractivity contribution in [3.63, 3.8) is 0 Å². The molecule has 10 aromatic rings. The third kappa shape index (κ3) is 8.77. The number of fused-ring (bicyclic) bond motifs is 3. The van der Waals surface area contributed by atoms with Crippen LogP contribution >= 0.6 is 0 Å². The van der Waals surface area contributed by atoms with Crippen molar-refractivity contribution in [2.24, 2.45) is 0 Å². The number of hydrogen-bond donors (Lipinski definition) is 0. The van der Waals surface area contributed by atoms with Gasteiger partial charge in [0.2, 0.25) is 0 Å². The van der Waals surface area contributed by atoms with Gasteiger partial charge in [-0.25, -0.2) is 0 Å². The monoisotopic (exact) mass is 1020 g/mol. The SMILES string of the molecule is [2H]C([2H])([2H])c1c[c-]c(-c2ccc(C([2H])([2H])[2H])cn2)cc1.[2H]C([2H])([2H])c1cnc(-c2[c-]ccc3c2oc2c(-c4ccccc4)cccc23)cc1-c1ccc(-c2cc3ccc2CCc2ccc(cc2)CC3)cc1C([2H])([2H])[2H].[Ir]. The van der Waals surface area contributed by atoms with E-state index in [1.807, 2.05) is 66.7 Å². The van der Waals surface area contributed by atoms with Crippen LogP contribution in [0.4, 0.5) is 0 Å². The van der Waals surface area contributed by atoms with Gasteiger partial charge in [0, 0.05) is 59.9 Å². The Labute approximate surface area is 407 Å². The van der Waals surface area contributed by atoms with Crippen LogP contribution < -0.4 is 0 Å². The number of aryl methyl sites for hydroxylation is 8. The first-order chi connectivity index (χ1) is 35.7. The fraction of sp³-hybridized carbons (Fsp3) is 0.133. The second kappa shape index (κ2) is 18.6. The smallest absolute Gasteiger partial charge is 0.128 e. The van der Waals surface area contributed by atoms with E-state index in [2.05, 4.69) is 64.6 Å². The third-order valence-corrected chi connectivity index (χ3v) is 11.8. The van der Waals surface area contributed by atoms with E-state index >= 15 is 0 Å². The number of aromatic nitrogens is 2. The zero-order valence-corrected chi connectivity index (χ0v) is 37.0. The van der Waals surface area contributed by atoms with Crippen LogP contribution in [-0.2, 0) is 45.8 Å². The molecular formula is C60H48IrN2O-2. The summed E-state index contributed by atoms with van der Waals surface area (Å²) in [6.45, 7) is -9.44. The van der Waals surface area contributed by atoms with Crippen molar-refractivity contribution < 1.29 is 41.0 Å². The molecule has 0 unspecified atom stereocenters. The van der Waals surface area contributed by atoms with Crippen LogP contribution in [0.15, 0.2) is 175 Å². The van der Waals surface area contributed by atoms with Gasteiger partial charge in [-0.1, -0.05) is 145 Å². The van der Waals surface area contributed by atoms with Crippen LogP contribution in [0.2, 0.25) is 0 Å². The largest absolute Gasteiger partial charge is 0.500 e. The van der Waals surface area contributed by atoms with Crippen LogP contribution in [-0.4, -0.2) is 9.97 Å². The Hall–Kier alpha value is -6.71. The van der Waals surface area contributed by atoms with E-state index in [0.29, 0.717) is 33.7 Å². The van der Waals surface area contributed by atoms with Gasteiger partial charge in [-0.2, -0.15) is 0 Å². The molecule has 4 aliphatic carbocycles. The van der Waals surface area contributed by atoms with E-state index < -0.39 is 27.4 Å². The van der Waals surface area contributed by atoms with E-state index in [4.69, 9.17) is 20.9 Å². The van der Waals surface area contributed by atoms with E-state index in [1.54, 1.807) is 30.3 Å². The zero-order valence-electron chi connectivity index (χ0n) is 46.6. The van der Waals surface area contributed by atoms with Gasteiger partial charge in [0.25, 0.3) is 0 Å².